The van der Waals surface area contributed by atoms with Gasteiger partial charge >= 0.3 is 0 Å². The Morgan fingerprint density at radius 2 is 0.702 bits per heavy atom. The van der Waals surface area contributed by atoms with E-state index in [9.17, 15) is 14.4 Å². The average molecular weight is 727 g/mol. The number of imidazole rings is 1. The molecule has 0 spiro atoms. The van der Waals surface area contributed by atoms with Gasteiger partial charge in [-0.05, 0) is 135 Å². The minimum absolute atomic E-state index is 0.0417. The monoisotopic (exact) mass is 726 g/mol. The van der Waals surface area contributed by atoms with Crippen LogP contribution in [0.15, 0.2) is 126 Å². The van der Waals surface area contributed by atoms with E-state index in [1.165, 1.54) is 53.9 Å². The molecule has 14 rings (SSSR count). The lowest BCUT2D eigenvalue weighted by atomic mass is 9.80. The Labute approximate surface area is 321 Å². The summed E-state index contributed by atoms with van der Waals surface area (Å²) in [6.07, 6.45) is 0. The number of rotatable bonds is 2. The number of benzene rings is 12. The molecule has 14 aromatic rings. The predicted octanol–water partition coefficient (Wildman–Crippen LogP) is 12.7. The number of nitrogens with zero attached hydrogens (tertiary/aromatic N) is 2. The third kappa shape index (κ3) is 3.25. The van der Waals surface area contributed by atoms with E-state index < -0.39 is 0 Å². The quantitative estimate of drug-likeness (QED) is 0.101. The first-order chi connectivity index (χ1) is 27.9. The zero-order valence-electron chi connectivity index (χ0n) is 30.7. The van der Waals surface area contributed by atoms with Crippen molar-refractivity contribution in [2.45, 2.75) is 13.8 Å². The number of hydrogen-bond acceptors (Lipinski definition) is 4. The normalized spacial score (nSPS) is 12.9. The Morgan fingerprint density at radius 1 is 0.386 bits per heavy atom. The van der Waals surface area contributed by atoms with Crippen molar-refractivity contribution in [3.63, 3.8) is 0 Å². The van der Waals surface area contributed by atoms with Gasteiger partial charge in [-0.2, -0.15) is 0 Å². The molecule has 0 radical (unpaired) electrons. The lowest BCUT2D eigenvalue weighted by molar-refractivity contribution is 0.101. The second kappa shape index (κ2) is 9.65. The Balaban J connectivity index is 1.14. The van der Waals surface area contributed by atoms with Gasteiger partial charge in [0, 0.05) is 32.7 Å². The maximum absolute atomic E-state index is 14.3. The van der Waals surface area contributed by atoms with Gasteiger partial charge in [-0.15, -0.1) is 0 Å². The molecule has 2 aromatic heterocycles. The highest BCUT2D eigenvalue weighted by atomic mass is 16.1. The molecule has 0 aliphatic heterocycles. The highest BCUT2D eigenvalue weighted by Gasteiger charge is 2.25. The van der Waals surface area contributed by atoms with Crippen molar-refractivity contribution < 1.29 is 9.59 Å². The van der Waals surface area contributed by atoms with Crippen LogP contribution in [0.4, 0.5) is 0 Å². The number of Topliss-reactive ketones (excluding diaryl/α,β-unsaturated/α-hetero) is 2. The fraction of sp³-hybridized carbons (Fsp3) is 0.0385. The van der Waals surface area contributed by atoms with Crippen molar-refractivity contribution in [3.8, 4) is 0 Å². The van der Waals surface area contributed by atoms with Gasteiger partial charge in [0.1, 0.15) is 5.65 Å². The molecule has 0 amide bonds. The Hall–Kier alpha value is -7.50. The summed E-state index contributed by atoms with van der Waals surface area (Å²) in [5.41, 5.74) is 3.46. The van der Waals surface area contributed by atoms with Crippen LogP contribution in [-0.2, 0) is 0 Å². The minimum Gasteiger partial charge on any atom is -0.294 e. The van der Waals surface area contributed by atoms with E-state index >= 15 is 0 Å². The molecule has 0 aliphatic rings. The van der Waals surface area contributed by atoms with Gasteiger partial charge in [-0.1, -0.05) is 97.1 Å². The zero-order valence-corrected chi connectivity index (χ0v) is 30.7. The summed E-state index contributed by atoms with van der Waals surface area (Å²) in [7, 11) is 0. The highest BCUT2D eigenvalue weighted by molar-refractivity contribution is 6.47. The number of carbonyl (C=O) groups excluding carboxylic acids is 2. The van der Waals surface area contributed by atoms with Crippen LogP contribution in [-0.4, -0.2) is 21.0 Å². The molecule has 0 saturated heterocycles. The van der Waals surface area contributed by atoms with Gasteiger partial charge in [-0.3, -0.25) is 18.8 Å². The molecular weight excluding hydrogens is 701 g/mol. The average Bonchev–Trinajstić information content (AvgIpc) is 3.63. The molecule has 57 heavy (non-hydrogen) atoms. The van der Waals surface area contributed by atoms with E-state index in [1.54, 1.807) is 18.2 Å². The molecule has 5 heteroatoms. The number of fused-ring (bicyclic) bond motifs is 10. The maximum Gasteiger partial charge on any atom is 0.264 e. The van der Waals surface area contributed by atoms with E-state index in [2.05, 4.69) is 78.9 Å². The van der Waals surface area contributed by atoms with Gasteiger partial charge in [0.05, 0.1) is 11.0 Å². The second-order valence-electron chi connectivity index (χ2n) is 16.0. The fourth-order valence-corrected chi connectivity index (χ4v) is 11.2. The van der Waals surface area contributed by atoms with E-state index in [-0.39, 0.29) is 17.1 Å². The molecular formula is C52H26N2O3. The van der Waals surface area contributed by atoms with Crippen LogP contribution in [0.1, 0.15) is 34.6 Å². The molecule has 0 bridgehead atoms. The lowest BCUT2D eigenvalue weighted by Gasteiger charge is -2.22. The molecule has 5 nitrogen and oxygen atoms in total. The smallest absolute Gasteiger partial charge is 0.264 e. The summed E-state index contributed by atoms with van der Waals surface area (Å²) in [6.45, 7) is 3.15. The van der Waals surface area contributed by atoms with Crippen LogP contribution < -0.4 is 5.56 Å². The maximum atomic E-state index is 14.3. The predicted molar refractivity (Wildman–Crippen MR) is 236 cm³/mol. The van der Waals surface area contributed by atoms with Gasteiger partial charge in [-0.25, -0.2) is 4.98 Å². The number of hydrogen-bond donors (Lipinski definition) is 0. The van der Waals surface area contributed by atoms with E-state index in [1.807, 2.05) is 42.5 Å². The topological polar surface area (TPSA) is 68.5 Å². The minimum atomic E-state index is -0.0499. The molecule has 0 N–H and O–H groups in total. The first kappa shape index (κ1) is 29.8. The van der Waals surface area contributed by atoms with Crippen LogP contribution >= 0.6 is 0 Å². The summed E-state index contributed by atoms with van der Waals surface area (Å²) < 4.78 is 1.77. The molecule has 2 heterocycles. The molecule has 262 valence electrons. The third-order valence-corrected chi connectivity index (χ3v) is 13.4. The largest absolute Gasteiger partial charge is 0.294 e. The summed E-state index contributed by atoms with van der Waals surface area (Å²) in [5.74, 6) is -0.0998. The molecule has 0 aliphatic carbocycles. The number of pyridine rings is 1. The SMILES string of the molecule is CC(=O)c1ccc2c3ccc4c5ccc6c7ccc8c(=O)n9c%10ccccc%10nc9c9ccc(c%10ccc(c%11ccc(c%12ccc(C(C)=O)c1c2%12)c3c4%11)c5c6%10)c7c89. The van der Waals surface area contributed by atoms with Crippen molar-refractivity contribution in [3.05, 3.63) is 143 Å². The van der Waals surface area contributed by atoms with Crippen LogP contribution in [0.2, 0.25) is 0 Å². The van der Waals surface area contributed by atoms with Crippen LogP contribution in [0.25, 0.3) is 135 Å². The summed E-state index contributed by atoms with van der Waals surface area (Å²) in [4.78, 5) is 45.1. The summed E-state index contributed by atoms with van der Waals surface area (Å²) >= 11 is 0. The molecule has 12 aromatic carbocycles. The third-order valence-electron chi connectivity index (χ3n) is 13.4. The van der Waals surface area contributed by atoms with E-state index in [4.69, 9.17) is 4.98 Å². The molecule has 0 unspecified atom stereocenters. The molecule has 0 atom stereocenters. The van der Waals surface area contributed by atoms with Crippen LogP contribution in [0, 0.1) is 0 Å². The fourth-order valence-electron chi connectivity index (χ4n) is 11.2. The van der Waals surface area contributed by atoms with Crippen molar-refractivity contribution in [1.82, 2.24) is 9.38 Å². The van der Waals surface area contributed by atoms with Crippen molar-refractivity contribution in [2.24, 2.45) is 0 Å². The first-order valence-corrected chi connectivity index (χ1v) is 19.3. The Kier molecular flexibility index (Phi) is 5.05. The summed E-state index contributed by atoms with van der Waals surface area (Å²) in [6, 6.07) is 42.5. The number of aromatic nitrogens is 2. The first-order valence-electron chi connectivity index (χ1n) is 19.3. The Morgan fingerprint density at radius 3 is 1.11 bits per heavy atom. The number of ketones is 2. The van der Waals surface area contributed by atoms with Crippen molar-refractivity contribution in [2.75, 3.05) is 0 Å². The number of carbonyl (C=O) groups is 2. The Bertz CT molecular complexity index is 4120. The van der Waals surface area contributed by atoms with Gasteiger partial charge in [0.15, 0.2) is 11.6 Å². The standard InChI is InChI=1S/C52H26N2O3/c1-23(55)25-7-9-27-29-11-13-31-33-15-17-35-37-19-21-39-50-40(52(57)54-42-6-4-3-5-41(42)53-51(39)54)22-20-38(49(37)50)36-18-16-34(47(33)48(35)36)32-14-12-30(45(29)46(31)32)28-10-8-26(24(2)56)43(25)44(27)28/h3-22H,1-2H3. The van der Waals surface area contributed by atoms with E-state index in [0.717, 1.165) is 70.3 Å². The highest BCUT2D eigenvalue weighted by Crippen LogP contribution is 2.51. The van der Waals surface area contributed by atoms with Crippen molar-refractivity contribution >= 4 is 147 Å². The molecule has 0 fully saturated rings. The van der Waals surface area contributed by atoms with Crippen molar-refractivity contribution in [1.29, 1.82) is 0 Å². The summed E-state index contributed by atoms with van der Waals surface area (Å²) in [5, 5.41) is 24.1. The van der Waals surface area contributed by atoms with Gasteiger partial charge in [0.2, 0.25) is 0 Å². The van der Waals surface area contributed by atoms with Gasteiger partial charge < -0.3 is 0 Å². The van der Waals surface area contributed by atoms with Crippen LogP contribution in [0.5, 0.6) is 0 Å². The van der Waals surface area contributed by atoms with Gasteiger partial charge in [0.25, 0.3) is 5.56 Å². The van der Waals surface area contributed by atoms with Crippen LogP contribution in [0.3, 0.4) is 0 Å². The molecule has 0 saturated carbocycles. The number of para-hydroxylation sites is 2. The second-order valence-corrected chi connectivity index (χ2v) is 16.0. The zero-order chi connectivity index (χ0) is 37.7. The lowest BCUT2D eigenvalue weighted by Crippen LogP contribution is -2.13. The van der Waals surface area contributed by atoms with E-state index in [0.29, 0.717) is 22.2 Å².